The SMILES string of the molecule is COc1cccc(C(=O)Nc2ccccc2/C=C/c2n[nH]c3ccccc23)c1. The van der Waals surface area contributed by atoms with E-state index in [1.165, 1.54) is 0 Å². The van der Waals surface area contributed by atoms with Crippen molar-refractivity contribution in [2.75, 3.05) is 12.4 Å². The van der Waals surface area contributed by atoms with Gasteiger partial charge in [0.1, 0.15) is 5.75 Å². The smallest absolute Gasteiger partial charge is 0.255 e. The van der Waals surface area contributed by atoms with Gasteiger partial charge in [0.05, 0.1) is 18.3 Å². The number of carbonyl (C=O) groups is 1. The third kappa shape index (κ3) is 3.64. The maximum absolute atomic E-state index is 12.6. The Balaban J connectivity index is 1.59. The van der Waals surface area contributed by atoms with Crippen LogP contribution in [0, 0.1) is 0 Å². The monoisotopic (exact) mass is 369 g/mol. The molecule has 0 aliphatic heterocycles. The topological polar surface area (TPSA) is 67.0 Å². The lowest BCUT2D eigenvalue weighted by Crippen LogP contribution is -2.12. The Kier molecular flexibility index (Phi) is 4.89. The third-order valence-electron chi connectivity index (χ3n) is 4.46. The lowest BCUT2D eigenvalue weighted by Gasteiger charge is -2.09. The van der Waals surface area contributed by atoms with Gasteiger partial charge in [-0.1, -0.05) is 48.5 Å². The maximum atomic E-state index is 12.6. The lowest BCUT2D eigenvalue weighted by molar-refractivity contribution is 0.102. The standard InChI is InChI=1S/C23H19N3O2/c1-28-18-9-6-8-17(15-18)23(27)24-20-11-4-2-7-16(20)13-14-22-19-10-3-5-12-21(19)25-26-22/h2-15H,1H3,(H,24,27)(H,25,26)/b14-13+. The number of H-pyrrole nitrogens is 1. The number of para-hydroxylation sites is 2. The second-order valence-electron chi connectivity index (χ2n) is 6.26. The molecule has 5 nitrogen and oxygen atoms in total. The number of benzene rings is 3. The van der Waals surface area contributed by atoms with E-state index in [1.807, 2.05) is 66.7 Å². The quantitative estimate of drug-likeness (QED) is 0.520. The van der Waals surface area contributed by atoms with E-state index < -0.39 is 0 Å². The summed E-state index contributed by atoms with van der Waals surface area (Å²) >= 11 is 0. The second kappa shape index (κ2) is 7.80. The van der Waals surface area contributed by atoms with Gasteiger partial charge >= 0.3 is 0 Å². The predicted molar refractivity (Wildman–Crippen MR) is 112 cm³/mol. The Morgan fingerprint density at radius 1 is 1.00 bits per heavy atom. The molecular formula is C23H19N3O2. The molecular weight excluding hydrogens is 350 g/mol. The summed E-state index contributed by atoms with van der Waals surface area (Å²) in [5.74, 6) is 0.455. The van der Waals surface area contributed by atoms with E-state index in [1.54, 1.807) is 25.3 Å². The van der Waals surface area contributed by atoms with E-state index in [2.05, 4.69) is 15.5 Å². The molecule has 0 saturated carbocycles. The number of amides is 1. The first-order valence-corrected chi connectivity index (χ1v) is 8.90. The van der Waals surface area contributed by atoms with Crippen molar-refractivity contribution in [3.05, 3.63) is 89.6 Å². The van der Waals surface area contributed by atoms with E-state index >= 15 is 0 Å². The highest BCUT2D eigenvalue weighted by Gasteiger charge is 2.09. The Bertz CT molecular complexity index is 1160. The molecule has 138 valence electrons. The van der Waals surface area contributed by atoms with Crippen LogP contribution in [0.3, 0.4) is 0 Å². The molecule has 3 aromatic carbocycles. The van der Waals surface area contributed by atoms with Crippen molar-refractivity contribution in [3.63, 3.8) is 0 Å². The summed E-state index contributed by atoms with van der Waals surface area (Å²) in [7, 11) is 1.58. The molecule has 0 fully saturated rings. The van der Waals surface area contributed by atoms with E-state index in [9.17, 15) is 4.79 Å². The average Bonchev–Trinajstić information content (AvgIpc) is 3.16. The molecule has 0 aliphatic rings. The molecule has 1 heterocycles. The number of carbonyl (C=O) groups excluding carboxylic acids is 1. The fourth-order valence-corrected chi connectivity index (χ4v) is 3.00. The van der Waals surface area contributed by atoms with Crippen LogP contribution in [0.1, 0.15) is 21.6 Å². The number of ether oxygens (including phenoxy) is 1. The van der Waals surface area contributed by atoms with E-state index in [-0.39, 0.29) is 5.91 Å². The summed E-state index contributed by atoms with van der Waals surface area (Å²) in [6.45, 7) is 0. The molecule has 1 aromatic heterocycles. The zero-order valence-electron chi connectivity index (χ0n) is 15.3. The first-order chi connectivity index (χ1) is 13.7. The Hall–Kier alpha value is -3.86. The minimum atomic E-state index is -0.190. The number of nitrogens with zero attached hydrogens (tertiary/aromatic N) is 1. The van der Waals surface area contributed by atoms with Crippen LogP contribution in [0.4, 0.5) is 5.69 Å². The molecule has 0 spiro atoms. The van der Waals surface area contributed by atoms with Crippen LogP contribution in [0.2, 0.25) is 0 Å². The van der Waals surface area contributed by atoms with Crippen LogP contribution in [-0.2, 0) is 0 Å². The van der Waals surface area contributed by atoms with Gasteiger partial charge in [-0.05, 0) is 42.0 Å². The average molecular weight is 369 g/mol. The molecule has 0 bridgehead atoms. The van der Waals surface area contributed by atoms with Crippen LogP contribution >= 0.6 is 0 Å². The highest BCUT2D eigenvalue weighted by molar-refractivity contribution is 6.05. The molecule has 5 heteroatoms. The molecule has 0 unspecified atom stereocenters. The molecule has 0 aliphatic carbocycles. The van der Waals surface area contributed by atoms with Gasteiger partial charge in [-0.3, -0.25) is 9.89 Å². The molecule has 4 rings (SSSR count). The van der Waals surface area contributed by atoms with Crippen molar-refractivity contribution in [2.45, 2.75) is 0 Å². The Morgan fingerprint density at radius 2 is 1.82 bits per heavy atom. The van der Waals surface area contributed by atoms with Gasteiger partial charge < -0.3 is 10.1 Å². The first-order valence-electron chi connectivity index (χ1n) is 8.90. The molecule has 4 aromatic rings. The van der Waals surface area contributed by atoms with Crippen LogP contribution in [0.5, 0.6) is 5.75 Å². The van der Waals surface area contributed by atoms with Gasteiger partial charge in [0, 0.05) is 16.6 Å². The van der Waals surface area contributed by atoms with Crippen molar-refractivity contribution in [3.8, 4) is 5.75 Å². The van der Waals surface area contributed by atoms with E-state index in [0.717, 1.165) is 27.8 Å². The summed E-state index contributed by atoms with van der Waals surface area (Å²) in [5, 5.41) is 11.4. The van der Waals surface area contributed by atoms with E-state index in [0.29, 0.717) is 11.3 Å². The first kappa shape index (κ1) is 17.5. The van der Waals surface area contributed by atoms with Crippen molar-refractivity contribution >= 4 is 34.6 Å². The number of hydrogen-bond acceptors (Lipinski definition) is 3. The van der Waals surface area contributed by atoms with Crippen molar-refractivity contribution < 1.29 is 9.53 Å². The summed E-state index contributed by atoms with van der Waals surface area (Å²) in [5.41, 5.74) is 4.00. The van der Waals surface area contributed by atoms with Gasteiger partial charge in [-0.15, -0.1) is 0 Å². The number of rotatable bonds is 5. The predicted octanol–water partition coefficient (Wildman–Crippen LogP) is 4.99. The molecule has 0 atom stereocenters. The number of anilines is 1. The van der Waals surface area contributed by atoms with Crippen molar-refractivity contribution in [1.82, 2.24) is 10.2 Å². The van der Waals surface area contributed by atoms with Crippen LogP contribution in [0.15, 0.2) is 72.8 Å². The van der Waals surface area contributed by atoms with Crippen LogP contribution < -0.4 is 10.1 Å². The molecule has 28 heavy (non-hydrogen) atoms. The summed E-state index contributed by atoms with van der Waals surface area (Å²) in [4.78, 5) is 12.6. The maximum Gasteiger partial charge on any atom is 0.255 e. The normalized spacial score (nSPS) is 11.0. The fourth-order valence-electron chi connectivity index (χ4n) is 3.00. The van der Waals surface area contributed by atoms with Gasteiger partial charge in [0.2, 0.25) is 0 Å². The largest absolute Gasteiger partial charge is 0.497 e. The van der Waals surface area contributed by atoms with Crippen molar-refractivity contribution in [2.24, 2.45) is 0 Å². The third-order valence-corrected chi connectivity index (χ3v) is 4.46. The molecule has 1 amide bonds. The highest BCUT2D eigenvalue weighted by Crippen LogP contribution is 2.22. The van der Waals surface area contributed by atoms with E-state index in [4.69, 9.17) is 4.74 Å². The van der Waals surface area contributed by atoms with Gasteiger partial charge in [0.25, 0.3) is 5.91 Å². The highest BCUT2D eigenvalue weighted by atomic mass is 16.5. The number of aromatic nitrogens is 2. The zero-order valence-corrected chi connectivity index (χ0v) is 15.3. The molecule has 0 saturated heterocycles. The van der Waals surface area contributed by atoms with Crippen LogP contribution in [0.25, 0.3) is 23.1 Å². The Labute approximate surface area is 162 Å². The van der Waals surface area contributed by atoms with Gasteiger partial charge in [-0.25, -0.2) is 0 Å². The van der Waals surface area contributed by atoms with Crippen LogP contribution in [-0.4, -0.2) is 23.2 Å². The zero-order chi connectivity index (χ0) is 19.3. The minimum Gasteiger partial charge on any atom is -0.497 e. The fraction of sp³-hybridized carbons (Fsp3) is 0.0435. The molecule has 2 N–H and O–H groups in total. The minimum absolute atomic E-state index is 0.190. The number of fused-ring (bicyclic) bond motifs is 1. The van der Waals surface area contributed by atoms with Gasteiger partial charge in [0.15, 0.2) is 0 Å². The van der Waals surface area contributed by atoms with Crippen molar-refractivity contribution in [1.29, 1.82) is 0 Å². The Morgan fingerprint density at radius 3 is 2.71 bits per heavy atom. The number of hydrogen-bond donors (Lipinski definition) is 2. The number of nitrogens with one attached hydrogen (secondary N) is 2. The second-order valence-corrected chi connectivity index (χ2v) is 6.26. The summed E-state index contributed by atoms with van der Waals surface area (Å²) < 4.78 is 5.19. The number of aromatic amines is 1. The number of methoxy groups -OCH3 is 1. The summed E-state index contributed by atoms with van der Waals surface area (Å²) in [6, 6.07) is 22.7. The lowest BCUT2D eigenvalue weighted by atomic mass is 10.1. The summed E-state index contributed by atoms with van der Waals surface area (Å²) in [6.07, 6.45) is 3.89. The van der Waals surface area contributed by atoms with Gasteiger partial charge in [-0.2, -0.15) is 5.10 Å². The molecule has 0 radical (unpaired) electrons.